The number of amides is 2. The molecule has 2 amide bonds. The van der Waals surface area contributed by atoms with Gasteiger partial charge < -0.3 is 19.5 Å². The van der Waals surface area contributed by atoms with Gasteiger partial charge in [-0.1, -0.05) is 30.3 Å². The summed E-state index contributed by atoms with van der Waals surface area (Å²) in [5.41, 5.74) is 3.10. The van der Waals surface area contributed by atoms with E-state index >= 15 is 0 Å². The summed E-state index contributed by atoms with van der Waals surface area (Å²) in [7, 11) is 0. The summed E-state index contributed by atoms with van der Waals surface area (Å²) >= 11 is 0. The van der Waals surface area contributed by atoms with Gasteiger partial charge in [-0.25, -0.2) is 0 Å². The van der Waals surface area contributed by atoms with Gasteiger partial charge in [0.05, 0.1) is 6.04 Å². The molecule has 2 fully saturated rings. The second-order valence-electron chi connectivity index (χ2n) is 10.0. The number of fused-ring (bicyclic) bond motifs is 4. The number of benzene rings is 1. The topological polar surface area (TPSA) is 82.8 Å². The monoisotopic (exact) mass is 447 g/mol. The predicted molar refractivity (Wildman–Crippen MR) is 121 cm³/mol. The molecule has 0 radical (unpaired) electrons. The molecule has 1 aliphatic carbocycles. The molecule has 33 heavy (non-hydrogen) atoms. The van der Waals surface area contributed by atoms with Crippen LogP contribution in [-0.4, -0.2) is 50.5 Å². The molecule has 7 nitrogen and oxygen atoms in total. The first-order valence-electron chi connectivity index (χ1n) is 12.0. The SMILES string of the molecule is O=C([C@@H]1[C@@H](CO)[C@@H]2Cn3c(cccc3=O)[C@@H]2N1C(=O)CC1CC1)N1CCc2ccccc2C1. The lowest BCUT2D eigenvalue weighted by molar-refractivity contribution is -0.148. The Balaban J connectivity index is 1.37. The molecule has 4 atom stereocenters. The second kappa shape index (κ2) is 7.83. The van der Waals surface area contributed by atoms with Crippen molar-refractivity contribution < 1.29 is 14.7 Å². The average Bonchev–Trinajstić information content (AvgIpc) is 3.47. The van der Waals surface area contributed by atoms with Crippen LogP contribution < -0.4 is 5.56 Å². The number of rotatable bonds is 4. The molecule has 1 aromatic carbocycles. The number of aliphatic hydroxyl groups excluding tert-OH is 1. The van der Waals surface area contributed by atoms with Gasteiger partial charge in [0.1, 0.15) is 6.04 Å². The third-order valence-corrected chi connectivity index (χ3v) is 8.09. The van der Waals surface area contributed by atoms with Gasteiger partial charge in [0.25, 0.3) is 5.56 Å². The smallest absolute Gasteiger partial charge is 0.250 e. The summed E-state index contributed by atoms with van der Waals surface area (Å²) in [6.07, 6.45) is 3.33. The number of pyridine rings is 1. The van der Waals surface area contributed by atoms with Gasteiger partial charge in [-0.2, -0.15) is 0 Å². The molecular weight excluding hydrogens is 418 g/mol. The van der Waals surface area contributed by atoms with Crippen molar-refractivity contribution in [3.8, 4) is 0 Å². The van der Waals surface area contributed by atoms with Crippen LogP contribution in [0.2, 0.25) is 0 Å². The van der Waals surface area contributed by atoms with Gasteiger partial charge in [0, 0.05) is 56.3 Å². The zero-order chi connectivity index (χ0) is 22.7. The maximum absolute atomic E-state index is 14.0. The van der Waals surface area contributed by atoms with E-state index in [1.165, 1.54) is 11.6 Å². The number of aliphatic hydroxyl groups is 1. The fraction of sp³-hybridized carbons (Fsp3) is 0.500. The van der Waals surface area contributed by atoms with E-state index < -0.39 is 6.04 Å². The van der Waals surface area contributed by atoms with Crippen LogP contribution in [0.25, 0.3) is 0 Å². The minimum atomic E-state index is -0.689. The number of carbonyl (C=O) groups is 2. The maximum atomic E-state index is 14.0. The molecule has 1 N–H and O–H groups in total. The Kier molecular flexibility index (Phi) is 4.91. The zero-order valence-electron chi connectivity index (χ0n) is 18.6. The van der Waals surface area contributed by atoms with E-state index in [9.17, 15) is 19.5 Å². The van der Waals surface area contributed by atoms with E-state index in [1.807, 2.05) is 23.1 Å². The van der Waals surface area contributed by atoms with Crippen LogP contribution >= 0.6 is 0 Å². The molecule has 1 aromatic heterocycles. The van der Waals surface area contributed by atoms with Gasteiger partial charge in [-0.05, 0) is 42.4 Å². The summed E-state index contributed by atoms with van der Waals surface area (Å²) in [6.45, 7) is 1.39. The molecule has 6 rings (SSSR count). The van der Waals surface area contributed by atoms with E-state index in [0.29, 0.717) is 32.0 Å². The standard InChI is InChI=1S/C26H29N3O4/c30-15-20-19-14-28-21(6-3-7-22(28)31)24(19)29(23(32)12-16-8-9-16)25(20)26(33)27-11-10-17-4-1-2-5-18(17)13-27/h1-7,16,19-20,24-25,30H,8-15H2/t19-,20-,24+,25-/m0/s1. The first-order chi connectivity index (χ1) is 16.1. The van der Waals surface area contributed by atoms with Crippen molar-refractivity contribution in [2.24, 2.45) is 17.8 Å². The quantitative estimate of drug-likeness (QED) is 0.774. The van der Waals surface area contributed by atoms with Crippen molar-refractivity contribution in [2.75, 3.05) is 13.2 Å². The Hall–Kier alpha value is -2.93. The molecule has 0 unspecified atom stereocenters. The average molecular weight is 448 g/mol. The Bertz CT molecular complexity index is 1170. The first kappa shape index (κ1) is 20.7. The minimum Gasteiger partial charge on any atom is -0.396 e. The fourth-order valence-corrected chi connectivity index (χ4v) is 6.24. The molecule has 1 saturated carbocycles. The molecule has 2 aromatic rings. The Morgan fingerprint density at radius 3 is 2.58 bits per heavy atom. The maximum Gasteiger partial charge on any atom is 0.250 e. The van der Waals surface area contributed by atoms with Crippen molar-refractivity contribution >= 4 is 11.8 Å². The van der Waals surface area contributed by atoms with Crippen molar-refractivity contribution in [3.63, 3.8) is 0 Å². The van der Waals surface area contributed by atoms with E-state index in [-0.39, 0.29) is 41.9 Å². The van der Waals surface area contributed by atoms with Crippen LogP contribution in [0.3, 0.4) is 0 Å². The Morgan fingerprint density at radius 2 is 1.82 bits per heavy atom. The van der Waals surface area contributed by atoms with Crippen molar-refractivity contribution in [2.45, 2.75) is 50.9 Å². The Morgan fingerprint density at radius 1 is 1.03 bits per heavy atom. The third-order valence-electron chi connectivity index (χ3n) is 8.09. The third kappa shape index (κ3) is 3.32. The molecule has 0 spiro atoms. The highest BCUT2D eigenvalue weighted by Crippen LogP contribution is 2.50. The number of nitrogens with zero attached hydrogens (tertiary/aromatic N) is 3. The lowest BCUT2D eigenvalue weighted by Crippen LogP contribution is -2.52. The number of likely N-dealkylation sites (tertiary alicyclic amines) is 1. The second-order valence-corrected chi connectivity index (χ2v) is 10.0. The molecule has 1 saturated heterocycles. The molecule has 172 valence electrons. The van der Waals surface area contributed by atoms with Gasteiger partial charge >= 0.3 is 0 Å². The van der Waals surface area contributed by atoms with Crippen LogP contribution in [0.5, 0.6) is 0 Å². The van der Waals surface area contributed by atoms with Gasteiger partial charge in [0.15, 0.2) is 0 Å². The summed E-state index contributed by atoms with van der Waals surface area (Å²) in [6, 6.07) is 12.3. The first-order valence-corrected chi connectivity index (χ1v) is 12.0. The van der Waals surface area contributed by atoms with Crippen LogP contribution in [0.15, 0.2) is 47.3 Å². The number of aromatic nitrogens is 1. The Labute approximate surface area is 192 Å². The number of carbonyl (C=O) groups excluding carboxylic acids is 2. The van der Waals surface area contributed by atoms with E-state index in [0.717, 1.165) is 30.5 Å². The highest BCUT2D eigenvalue weighted by molar-refractivity contribution is 5.89. The summed E-state index contributed by atoms with van der Waals surface area (Å²) in [5, 5.41) is 10.4. The number of hydrogen-bond acceptors (Lipinski definition) is 4. The lowest BCUT2D eigenvalue weighted by atomic mass is 9.87. The van der Waals surface area contributed by atoms with Crippen LogP contribution in [0.4, 0.5) is 0 Å². The van der Waals surface area contributed by atoms with Crippen LogP contribution in [0, 0.1) is 17.8 Å². The highest BCUT2D eigenvalue weighted by atomic mass is 16.3. The van der Waals surface area contributed by atoms with Gasteiger partial charge in [-0.3, -0.25) is 14.4 Å². The lowest BCUT2D eigenvalue weighted by Gasteiger charge is -2.36. The highest BCUT2D eigenvalue weighted by Gasteiger charge is 2.58. The predicted octanol–water partition coefficient (Wildman–Crippen LogP) is 1.72. The zero-order valence-corrected chi connectivity index (χ0v) is 18.6. The van der Waals surface area contributed by atoms with E-state index in [1.54, 1.807) is 15.5 Å². The number of hydrogen-bond donors (Lipinski definition) is 1. The molecule has 0 bridgehead atoms. The largest absolute Gasteiger partial charge is 0.396 e. The van der Waals surface area contributed by atoms with E-state index in [2.05, 4.69) is 12.1 Å². The van der Waals surface area contributed by atoms with Gasteiger partial charge in [-0.15, -0.1) is 0 Å². The molecule has 4 aliphatic rings. The summed E-state index contributed by atoms with van der Waals surface area (Å²) in [4.78, 5) is 43.6. The van der Waals surface area contributed by atoms with Gasteiger partial charge in [0.2, 0.25) is 11.8 Å². The molecule has 3 aliphatic heterocycles. The fourth-order valence-electron chi connectivity index (χ4n) is 6.24. The summed E-state index contributed by atoms with van der Waals surface area (Å²) in [5.74, 6) is -0.238. The van der Waals surface area contributed by atoms with Crippen LogP contribution in [0.1, 0.15) is 42.1 Å². The van der Waals surface area contributed by atoms with Crippen LogP contribution in [-0.2, 0) is 29.1 Å². The van der Waals surface area contributed by atoms with Crippen molar-refractivity contribution in [1.82, 2.24) is 14.4 Å². The molecule has 7 heteroatoms. The van der Waals surface area contributed by atoms with E-state index in [4.69, 9.17) is 0 Å². The molecular formula is C26H29N3O4. The van der Waals surface area contributed by atoms with Crippen molar-refractivity contribution in [3.05, 3.63) is 69.6 Å². The normalized spacial score (nSPS) is 27.8. The summed E-state index contributed by atoms with van der Waals surface area (Å²) < 4.78 is 1.72. The minimum absolute atomic E-state index is 0.0241. The van der Waals surface area contributed by atoms with Crippen molar-refractivity contribution in [1.29, 1.82) is 0 Å². The molecule has 4 heterocycles.